The number of non-ortho nitro benzene ring substituents is 1. The molecule has 1 unspecified atom stereocenters. The number of hydrogen-bond donors (Lipinski definition) is 0. The Morgan fingerprint density at radius 3 is 2.32 bits per heavy atom. The fraction of sp³-hybridized carbons (Fsp3) is 0.273. The molecular formula is C22H19F3N2O4. The van der Waals surface area contributed by atoms with E-state index in [9.17, 15) is 23.3 Å². The molecule has 0 amide bonds. The Balaban J connectivity index is 1.97. The summed E-state index contributed by atoms with van der Waals surface area (Å²) >= 11 is 0. The maximum absolute atomic E-state index is 14.9. The molecule has 2 aromatic carbocycles. The third-order valence-electron chi connectivity index (χ3n) is 5.78. The lowest BCUT2D eigenvalue weighted by Gasteiger charge is -2.42. The topological polar surface area (TPSA) is 66.5 Å². The van der Waals surface area contributed by atoms with E-state index in [2.05, 4.69) is 0 Å². The van der Waals surface area contributed by atoms with Crippen molar-refractivity contribution in [1.82, 2.24) is 4.57 Å². The van der Waals surface area contributed by atoms with E-state index >= 15 is 0 Å². The SMILES string of the molecule is COc1cc2c(cc1OC)C(Cc1ccc([N+](=O)[O-])cc1)(C(F)(F)F)c1cccn1C2. The van der Waals surface area contributed by atoms with Crippen LogP contribution in [0.1, 0.15) is 22.4 Å². The molecule has 0 bridgehead atoms. The van der Waals surface area contributed by atoms with Crippen molar-refractivity contribution in [2.45, 2.75) is 24.6 Å². The molecule has 3 aromatic rings. The molecule has 0 spiro atoms. The summed E-state index contributed by atoms with van der Waals surface area (Å²) < 4.78 is 57.0. The van der Waals surface area contributed by atoms with E-state index in [0.29, 0.717) is 16.9 Å². The monoisotopic (exact) mass is 432 g/mol. The van der Waals surface area contributed by atoms with E-state index in [-0.39, 0.29) is 29.2 Å². The van der Waals surface area contributed by atoms with Gasteiger partial charge in [-0.1, -0.05) is 12.1 Å². The first-order valence-electron chi connectivity index (χ1n) is 9.42. The first kappa shape index (κ1) is 20.8. The smallest absolute Gasteiger partial charge is 0.404 e. The van der Waals surface area contributed by atoms with Crippen molar-refractivity contribution in [3.8, 4) is 11.5 Å². The van der Waals surface area contributed by atoms with Crippen LogP contribution in [0.5, 0.6) is 11.5 Å². The zero-order chi connectivity index (χ0) is 22.4. The summed E-state index contributed by atoms with van der Waals surface area (Å²) in [6.45, 7) is 0.260. The number of nitro benzene ring substituents is 1. The average Bonchev–Trinajstić information content (AvgIpc) is 3.20. The van der Waals surface area contributed by atoms with E-state index in [4.69, 9.17) is 9.47 Å². The predicted octanol–water partition coefficient (Wildman–Crippen LogP) is 4.87. The quantitative estimate of drug-likeness (QED) is 0.426. The van der Waals surface area contributed by atoms with Gasteiger partial charge in [0.25, 0.3) is 5.69 Å². The summed E-state index contributed by atoms with van der Waals surface area (Å²) in [5, 5.41) is 10.9. The normalized spacial score (nSPS) is 17.6. The summed E-state index contributed by atoms with van der Waals surface area (Å²) in [5.74, 6) is 0.557. The number of ether oxygens (including phenoxy) is 2. The molecule has 1 aliphatic rings. The van der Waals surface area contributed by atoms with Crippen LogP contribution in [0.3, 0.4) is 0 Å². The van der Waals surface area contributed by atoms with Gasteiger partial charge in [-0.3, -0.25) is 10.1 Å². The first-order chi connectivity index (χ1) is 14.7. The molecular weight excluding hydrogens is 413 g/mol. The second-order valence-electron chi connectivity index (χ2n) is 7.39. The van der Waals surface area contributed by atoms with Gasteiger partial charge in [0.1, 0.15) is 5.41 Å². The number of methoxy groups -OCH3 is 2. The van der Waals surface area contributed by atoms with Gasteiger partial charge >= 0.3 is 6.18 Å². The summed E-state index contributed by atoms with van der Waals surface area (Å²) in [6.07, 6.45) is -3.45. The van der Waals surface area contributed by atoms with Crippen LogP contribution in [0.25, 0.3) is 0 Å². The van der Waals surface area contributed by atoms with Crippen LogP contribution in [0.15, 0.2) is 54.7 Å². The third kappa shape index (κ3) is 3.20. The second kappa shape index (κ2) is 7.33. The van der Waals surface area contributed by atoms with Crippen molar-refractivity contribution in [2.75, 3.05) is 14.2 Å². The first-order valence-corrected chi connectivity index (χ1v) is 9.42. The fourth-order valence-electron chi connectivity index (χ4n) is 4.34. The summed E-state index contributed by atoms with van der Waals surface area (Å²) in [5.41, 5.74) is -1.54. The van der Waals surface area contributed by atoms with E-state index < -0.39 is 22.9 Å². The number of benzene rings is 2. The number of fused-ring (bicyclic) bond motifs is 2. The van der Waals surface area contributed by atoms with Gasteiger partial charge in [0, 0.05) is 30.6 Å². The molecule has 0 aliphatic carbocycles. The van der Waals surface area contributed by atoms with Crippen LogP contribution < -0.4 is 9.47 Å². The van der Waals surface area contributed by atoms with Crippen molar-refractivity contribution in [3.63, 3.8) is 0 Å². The van der Waals surface area contributed by atoms with Gasteiger partial charge in [0.15, 0.2) is 11.5 Å². The molecule has 4 rings (SSSR count). The maximum atomic E-state index is 14.9. The lowest BCUT2D eigenvalue weighted by atomic mass is 9.69. The Morgan fingerprint density at radius 1 is 1.10 bits per heavy atom. The van der Waals surface area contributed by atoms with E-state index in [0.717, 1.165) is 0 Å². The third-order valence-corrected chi connectivity index (χ3v) is 5.78. The molecule has 9 heteroatoms. The van der Waals surface area contributed by atoms with Crippen LogP contribution in [0, 0.1) is 10.1 Å². The minimum Gasteiger partial charge on any atom is -0.493 e. The molecule has 0 fully saturated rings. The van der Waals surface area contributed by atoms with Gasteiger partial charge < -0.3 is 14.0 Å². The Morgan fingerprint density at radius 2 is 1.74 bits per heavy atom. The van der Waals surface area contributed by atoms with Crippen LogP contribution >= 0.6 is 0 Å². The number of alkyl halides is 3. The fourth-order valence-corrected chi connectivity index (χ4v) is 4.34. The number of nitrogens with zero attached hydrogens (tertiary/aromatic N) is 2. The lowest BCUT2D eigenvalue weighted by Crippen LogP contribution is -2.49. The van der Waals surface area contributed by atoms with Gasteiger partial charge in [-0.05, 0) is 47.4 Å². The molecule has 162 valence electrons. The molecule has 6 nitrogen and oxygen atoms in total. The lowest BCUT2D eigenvalue weighted by molar-refractivity contribution is -0.384. The summed E-state index contributed by atoms with van der Waals surface area (Å²) in [4.78, 5) is 10.4. The molecule has 0 saturated heterocycles. The second-order valence-corrected chi connectivity index (χ2v) is 7.39. The van der Waals surface area contributed by atoms with Crippen molar-refractivity contribution in [1.29, 1.82) is 0 Å². The van der Waals surface area contributed by atoms with Gasteiger partial charge in [0.2, 0.25) is 0 Å². The van der Waals surface area contributed by atoms with Crippen LogP contribution in [-0.4, -0.2) is 29.9 Å². The summed E-state index contributed by atoms with van der Waals surface area (Å²) in [7, 11) is 2.81. The number of halogens is 3. The van der Waals surface area contributed by atoms with E-state index in [1.54, 1.807) is 22.9 Å². The van der Waals surface area contributed by atoms with Crippen molar-refractivity contribution < 1.29 is 27.6 Å². The van der Waals surface area contributed by atoms with Crippen molar-refractivity contribution in [2.24, 2.45) is 0 Å². The Hall–Kier alpha value is -3.49. The summed E-state index contributed by atoms with van der Waals surface area (Å²) in [6, 6.07) is 11.2. The number of hydrogen-bond acceptors (Lipinski definition) is 4. The molecule has 1 atom stereocenters. The Kier molecular flexibility index (Phi) is 4.91. The highest BCUT2D eigenvalue weighted by Crippen LogP contribution is 2.53. The maximum Gasteiger partial charge on any atom is 0.404 e. The molecule has 0 saturated carbocycles. The minimum absolute atomic E-state index is 0.0854. The molecule has 31 heavy (non-hydrogen) atoms. The highest BCUT2D eigenvalue weighted by molar-refractivity contribution is 5.56. The standard InChI is InChI=1S/C22H19F3N2O4/c1-30-18-10-15-13-26-9-3-4-20(26)21(22(23,24)25,17(15)11-19(18)31-2)12-14-5-7-16(8-6-14)27(28)29/h3-11H,12-13H2,1-2H3. The molecule has 2 heterocycles. The zero-order valence-electron chi connectivity index (χ0n) is 16.8. The van der Waals surface area contributed by atoms with Crippen molar-refractivity contribution >= 4 is 5.69 Å². The van der Waals surface area contributed by atoms with Gasteiger partial charge in [0.05, 0.1) is 19.1 Å². The van der Waals surface area contributed by atoms with E-state index in [1.165, 1.54) is 50.6 Å². The predicted molar refractivity (Wildman–Crippen MR) is 107 cm³/mol. The number of nitro groups is 1. The molecule has 0 N–H and O–H groups in total. The van der Waals surface area contributed by atoms with Gasteiger partial charge in [-0.25, -0.2) is 0 Å². The average molecular weight is 432 g/mol. The Bertz CT molecular complexity index is 1140. The van der Waals surface area contributed by atoms with Crippen molar-refractivity contribution in [3.05, 3.63) is 87.2 Å². The van der Waals surface area contributed by atoms with Gasteiger partial charge in [-0.2, -0.15) is 13.2 Å². The number of rotatable bonds is 5. The number of aromatic nitrogens is 1. The highest BCUT2D eigenvalue weighted by Gasteiger charge is 2.60. The largest absolute Gasteiger partial charge is 0.493 e. The highest BCUT2D eigenvalue weighted by atomic mass is 19.4. The van der Waals surface area contributed by atoms with E-state index in [1.807, 2.05) is 0 Å². The van der Waals surface area contributed by atoms with Gasteiger partial charge in [-0.15, -0.1) is 0 Å². The minimum atomic E-state index is -4.65. The van der Waals surface area contributed by atoms with Crippen LogP contribution in [0.2, 0.25) is 0 Å². The molecule has 1 aromatic heterocycles. The molecule has 0 radical (unpaired) electrons. The van der Waals surface area contributed by atoms with Crippen LogP contribution in [0.4, 0.5) is 18.9 Å². The molecule has 1 aliphatic heterocycles. The zero-order valence-corrected chi connectivity index (χ0v) is 16.8. The Labute approximate surface area is 176 Å². The van der Waals surface area contributed by atoms with Crippen LogP contribution in [-0.2, 0) is 18.4 Å².